The van der Waals surface area contributed by atoms with Crippen LogP contribution < -0.4 is 0 Å². The number of esters is 2. The fourth-order valence-electron chi connectivity index (χ4n) is 6.75. The number of likely N-dealkylation sites (N-methyl/N-ethyl adjacent to an activating group) is 1. The van der Waals surface area contributed by atoms with Gasteiger partial charge in [-0.05, 0) is 103 Å². The molecule has 65 heavy (non-hydrogen) atoms. The number of carbonyl (C=O) groups is 3. The van der Waals surface area contributed by atoms with Crippen molar-refractivity contribution in [1.82, 2.24) is 0 Å². The highest BCUT2D eigenvalue weighted by molar-refractivity contribution is 5.72. The second-order valence-corrected chi connectivity index (χ2v) is 17.7. The van der Waals surface area contributed by atoms with Crippen molar-refractivity contribution in [3.05, 3.63) is 109 Å². The van der Waals surface area contributed by atoms with Crippen molar-refractivity contribution < 1.29 is 38.2 Å². The highest BCUT2D eigenvalue weighted by Gasteiger charge is 2.31. The molecule has 8 heteroatoms. The molecule has 0 heterocycles. The van der Waals surface area contributed by atoms with Crippen molar-refractivity contribution in [3.8, 4) is 0 Å². The Morgan fingerprint density at radius 3 is 1.28 bits per heavy atom. The second-order valence-electron chi connectivity index (χ2n) is 17.7. The summed E-state index contributed by atoms with van der Waals surface area (Å²) in [6, 6.07) is -0.630. The van der Waals surface area contributed by atoms with Gasteiger partial charge in [0, 0.05) is 19.3 Å². The predicted molar refractivity (Wildman–Crippen MR) is 275 cm³/mol. The van der Waals surface area contributed by atoms with Gasteiger partial charge in [-0.3, -0.25) is 9.59 Å². The number of aliphatic carboxylic acids is 1. The molecule has 0 rings (SSSR count). The van der Waals surface area contributed by atoms with Crippen molar-refractivity contribution in [1.29, 1.82) is 0 Å². The zero-order valence-corrected chi connectivity index (χ0v) is 41.9. The number of carboxylic acids is 1. The van der Waals surface area contributed by atoms with E-state index in [0.29, 0.717) is 12.8 Å². The van der Waals surface area contributed by atoms with E-state index in [1.54, 1.807) is 0 Å². The summed E-state index contributed by atoms with van der Waals surface area (Å²) in [7, 11) is 5.51. The molecule has 0 aliphatic heterocycles. The molecule has 0 saturated carbocycles. The van der Waals surface area contributed by atoms with E-state index in [0.717, 1.165) is 122 Å². The van der Waals surface area contributed by atoms with Gasteiger partial charge < -0.3 is 23.8 Å². The molecule has 0 aliphatic carbocycles. The average molecular weight is 905 g/mol. The zero-order chi connectivity index (χ0) is 47.7. The number of unbranched alkanes of at least 4 members (excludes halogenated alkanes) is 12. The highest BCUT2D eigenvalue weighted by Crippen LogP contribution is 2.13. The first-order valence-electron chi connectivity index (χ1n) is 25.4. The molecule has 0 radical (unpaired) electrons. The number of hydrogen-bond acceptors (Lipinski definition) is 6. The van der Waals surface area contributed by atoms with Crippen molar-refractivity contribution in [2.24, 2.45) is 0 Å². The third kappa shape index (κ3) is 45.0. The predicted octanol–water partition coefficient (Wildman–Crippen LogP) is 14.8. The molecule has 0 aliphatic rings. The van der Waals surface area contributed by atoms with Gasteiger partial charge >= 0.3 is 17.9 Å². The molecule has 0 saturated heterocycles. The Balaban J connectivity index is 4.38. The van der Waals surface area contributed by atoms with Gasteiger partial charge in [0.05, 0.1) is 34.4 Å². The van der Waals surface area contributed by atoms with Crippen LogP contribution in [0, 0.1) is 0 Å². The summed E-state index contributed by atoms with van der Waals surface area (Å²) in [5.41, 5.74) is 0. The topological polar surface area (TPSA) is 99.1 Å². The Morgan fingerprint density at radius 1 is 0.477 bits per heavy atom. The van der Waals surface area contributed by atoms with Gasteiger partial charge in [0.2, 0.25) is 0 Å². The Kier molecular flexibility index (Phi) is 43.6. The SMILES string of the molecule is CC/C=C/C/C=C/C/C=C/C/C=C/C/C=C/CCCCCCC(=O)OC(COCCC(C(=O)O)[N+](C)(C)C)COC(=O)CCCCCCC/C=C/C/C=C/C/C=C/C/C=C/CCCCC. The molecular formula is C57H94NO7+. The summed E-state index contributed by atoms with van der Waals surface area (Å²) in [4.78, 5) is 37.2. The number of quaternary nitrogens is 1. The van der Waals surface area contributed by atoms with E-state index < -0.39 is 18.1 Å². The monoisotopic (exact) mass is 905 g/mol. The largest absolute Gasteiger partial charge is 0.477 e. The molecule has 1 N–H and O–H groups in total. The third-order valence-electron chi connectivity index (χ3n) is 10.7. The molecule has 0 bridgehead atoms. The zero-order valence-electron chi connectivity index (χ0n) is 41.9. The summed E-state index contributed by atoms with van der Waals surface area (Å²) in [5.74, 6) is -1.54. The Bertz CT molecular complexity index is 1420. The lowest BCUT2D eigenvalue weighted by atomic mass is 10.1. The first kappa shape index (κ1) is 61.0. The number of carboxylic acid groups (broad SMARTS) is 1. The maximum Gasteiger partial charge on any atom is 0.362 e. The average Bonchev–Trinajstić information content (AvgIpc) is 3.27. The lowest BCUT2D eigenvalue weighted by molar-refractivity contribution is -0.887. The van der Waals surface area contributed by atoms with Crippen LogP contribution in [-0.4, -0.2) is 80.6 Å². The minimum Gasteiger partial charge on any atom is -0.477 e. The first-order chi connectivity index (χ1) is 31.6. The Morgan fingerprint density at radius 2 is 0.862 bits per heavy atom. The van der Waals surface area contributed by atoms with Crippen LogP contribution in [0.25, 0.3) is 0 Å². The number of allylic oxidation sites excluding steroid dienone is 18. The standard InChI is InChI=1S/C57H93NO7/c1-6-8-10-12-14-16-18-20-22-24-26-28-30-31-33-35-37-39-41-43-45-47-55(59)64-52-53(51-63-50-49-54(57(61)62)58(3,4)5)65-56(60)48-46-44-42-40-38-36-34-32-29-27-25-23-21-19-17-15-13-11-9-7-2/h9,11,14-17,20-23,26-29,31,33-34,36,53-54H,6-8,10,12-13,18-19,24-25,30,32,35,37-52H2,1-5H3/p+1/b11-9+,16-14+,17-15+,22-20+,23-21+,28-26+,29-27+,33-31+,36-34+. The van der Waals surface area contributed by atoms with E-state index in [9.17, 15) is 19.5 Å². The van der Waals surface area contributed by atoms with Gasteiger partial charge in [0.15, 0.2) is 12.1 Å². The van der Waals surface area contributed by atoms with Crippen LogP contribution in [0.1, 0.15) is 181 Å². The van der Waals surface area contributed by atoms with E-state index in [-0.39, 0.29) is 42.7 Å². The van der Waals surface area contributed by atoms with Crippen molar-refractivity contribution in [2.45, 2.75) is 193 Å². The van der Waals surface area contributed by atoms with Gasteiger partial charge in [-0.25, -0.2) is 4.79 Å². The van der Waals surface area contributed by atoms with Crippen molar-refractivity contribution in [3.63, 3.8) is 0 Å². The maximum atomic E-state index is 12.8. The molecule has 8 nitrogen and oxygen atoms in total. The van der Waals surface area contributed by atoms with Gasteiger partial charge in [-0.1, -0.05) is 168 Å². The summed E-state index contributed by atoms with van der Waals surface area (Å²) in [6.45, 7) is 4.53. The molecule has 0 aromatic rings. The van der Waals surface area contributed by atoms with E-state index >= 15 is 0 Å². The summed E-state index contributed by atoms with van der Waals surface area (Å²) >= 11 is 0. The van der Waals surface area contributed by atoms with Crippen molar-refractivity contribution >= 4 is 17.9 Å². The molecule has 0 aromatic heterocycles. The number of nitrogens with zero attached hydrogens (tertiary/aromatic N) is 1. The lowest BCUT2D eigenvalue weighted by Gasteiger charge is -2.31. The molecule has 0 spiro atoms. The summed E-state index contributed by atoms with van der Waals surface area (Å²) in [5, 5.41) is 9.65. The van der Waals surface area contributed by atoms with Gasteiger partial charge in [0.1, 0.15) is 6.61 Å². The smallest absolute Gasteiger partial charge is 0.362 e. The fourth-order valence-corrected chi connectivity index (χ4v) is 6.75. The molecule has 0 fully saturated rings. The molecular weight excluding hydrogens is 811 g/mol. The number of rotatable bonds is 44. The van der Waals surface area contributed by atoms with Crippen molar-refractivity contribution in [2.75, 3.05) is 41.0 Å². The van der Waals surface area contributed by atoms with E-state index in [1.807, 2.05) is 21.1 Å². The molecule has 368 valence electrons. The second kappa shape index (κ2) is 46.5. The van der Waals surface area contributed by atoms with Gasteiger partial charge in [-0.15, -0.1) is 0 Å². The summed E-state index contributed by atoms with van der Waals surface area (Å²) < 4.78 is 17.3. The van der Waals surface area contributed by atoms with Crippen LogP contribution >= 0.6 is 0 Å². The quantitative estimate of drug-likeness (QED) is 0.0281. The van der Waals surface area contributed by atoms with E-state index in [2.05, 4.69) is 123 Å². The minimum atomic E-state index is -0.887. The van der Waals surface area contributed by atoms with Crippen LogP contribution in [0.15, 0.2) is 109 Å². The Labute approximate surface area is 398 Å². The first-order valence-corrected chi connectivity index (χ1v) is 25.4. The number of carbonyl (C=O) groups excluding carboxylic acids is 2. The van der Waals surface area contributed by atoms with Crippen LogP contribution in [0.4, 0.5) is 0 Å². The van der Waals surface area contributed by atoms with Crippen LogP contribution in [0.3, 0.4) is 0 Å². The normalized spacial score (nSPS) is 13.8. The van der Waals surface area contributed by atoms with Crippen LogP contribution in [0.5, 0.6) is 0 Å². The van der Waals surface area contributed by atoms with Crippen LogP contribution in [0.2, 0.25) is 0 Å². The Hall–Kier alpha value is -4.01. The molecule has 2 unspecified atom stereocenters. The van der Waals surface area contributed by atoms with Crippen LogP contribution in [-0.2, 0) is 28.6 Å². The molecule has 2 atom stereocenters. The highest BCUT2D eigenvalue weighted by atomic mass is 16.6. The fraction of sp³-hybridized carbons (Fsp3) is 0.632. The van der Waals surface area contributed by atoms with Gasteiger partial charge in [0.25, 0.3) is 0 Å². The third-order valence-corrected chi connectivity index (χ3v) is 10.7. The van der Waals surface area contributed by atoms with Gasteiger partial charge in [-0.2, -0.15) is 0 Å². The number of ether oxygens (including phenoxy) is 3. The number of hydrogen-bond donors (Lipinski definition) is 1. The lowest BCUT2D eigenvalue weighted by Crippen LogP contribution is -2.50. The maximum absolute atomic E-state index is 12.8. The minimum absolute atomic E-state index is 0.0369. The molecule has 0 amide bonds. The van der Waals surface area contributed by atoms with E-state index in [4.69, 9.17) is 14.2 Å². The molecule has 0 aromatic carbocycles. The van der Waals surface area contributed by atoms with E-state index in [1.165, 1.54) is 25.7 Å². The summed E-state index contributed by atoms with van der Waals surface area (Å²) in [6.07, 6.45) is 64.2.